The second-order valence-corrected chi connectivity index (χ2v) is 7.31. The van der Waals surface area contributed by atoms with Gasteiger partial charge in [0.05, 0.1) is 27.2 Å². The molecule has 0 aromatic carbocycles. The summed E-state index contributed by atoms with van der Waals surface area (Å²) < 4.78 is 10.7. The lowest BCUT2D eigenvalue weighted by Crippen LogP contribution is -2.17. The van der Waals surface area contributed by atoms with E-state index in [1.165, 1.54) is 11.3 Å². The lowest BCUT2D eigenvalue weighted by Gasteiger charge is -2.11. The molecule has 29 heavy (non-hydrogen) atoms. The van der Waals surface area contributed by atoms with Crippen molar-refractivity contribution in [3.8, 4) is 10.6 Å². The van der Waals surface area contributed by atoms with Gasteiger partial charge in [-0.1, -0.05) is 11.2 Å². The number of nitrogens with zero attached hydrogens (tertiary/aromatic N) is 6. The molecule has 0 amide bonds. The molecule has 4 heterocycles. The number of ether oxygens (including phenoxy) is 1. The molecule has 11 heteroatoms. The first-order valence-electron chi connectivity index (χ1n) is 8.58. The van der Waals surface area contributed by atoms with Crippen LogP contribution in [0.2, 0.25) is 0 Å². The molecule has 0 bridgehead atoms. The molecule has 0 aliphatic heterocycles. The van der Waals surface area contributed by atoms with Crippen LogP contribution >= 0.6 is 11.3 Å². The Morgan fingerprint density at radius 3 is 2.83 bits per heavy atom. The Morgan fingerprint density at radius 1 is 1.28 bits per heavy atom. The predicted molar refractivity (Wildman–Crippen MR) is 108 cm³/mol. The van der Waals surface area contributed by atoms with Gasteiger partial charge in [0.1, 0.15) is 0 Å². The number of fused-ring (bicyclic) bond motifs is 1. The van der Waals surface area contributed by atoms with Crippen LogP contribution in [0, 0.1) is 6.92 Å². The first-order chi connectivity index (χ1) is 13.9. The molecular weight excluding hydrogens is 394 g/mol. The van der Waals surface area contributed by atoms with Gasteiger partial charge >= 0.3 is 5.97 Å². The number of aromatic nitrogens is 5. The maximum absolute atomic E-state index is 12.9. The van der Waals surface area contributed by atoms with Crippen molar-refractivity contribution in [1.82, 2.24) is 25.1 Å². The number of nitrogen functional groups attached to an aromatic ring is 1. The summed E-state index contributed by atoms with van der Waals surface area (Å²) in [5.41, 5.74) is 7.46. The van der Waals surface area contributed by atoms with Crippen LogP contribution in [0.25, 0.3) is 21.7 Å². The second-order valence-electron chi connectivity index (χ2n) is 6.36. The van der Waals surface area contributed by atoms with Crippen LogP contribution in [-0.2, 0) is 11.3 Å². The summed E-state index contributed by atoms with van der Waals surface area (Å²) in [5.74, 6) is 0.118. The van der Waals surface area contributed by atoms with Crippen molar-refractivity contribution in [2.24, 2.45) is 0 Å². The first kappa shape index (κ1) is 18.7. The van der Waals surface area contributed by atoms with Crippen LogP contribution < -0.4 is 10.6 Å². The Bertz CT molecular complexity index is 1190. The summed E-state index contributed by atoms with van der Waals surface area (Å²) in [7, 11) is 3.55. The van der Waals surface area contributed by atoms with E-state index in [4.69, 9.17) is 15.0 Å². The van der Waals surface area contributed by atoms with Gasteiger partial charge in [-0.25, -0.2) is 9.78 Å². The first-order valence-corrected chi connectivity index (χ1v) is 9.46. The largest absolute Gasteiger partial charge is 0.454 e. The van der Waals surface area contributed by atoms with E-state index < -0.39 is 5.97 Å². The average Bonchev–Trinajstić information content (AvgIpc) is 3.35. The molecule has 0 fully saturated rings. The number of rotatable bonds is 5. The van der Waals surface area contributed by atoms with Gasteiger partial charge in [-0.15, -0.1) is 11.3 Å². The fourth-order valence-electron chi connectivity index (χ4n) is 2.70. The normalized spacial score (nSPS) is 11.0. The quantitative estimate of drug-likeness (QED) is 0.488. The van der Waals surface area contributed by atoms with Crippen LogP contribution in [0.1, 0.15) is 21.9 Å². The molecule has 4 aromatic heterocycles. The zero-order chi connectivity index (χ0) is 20.5. The number of esters is 1. The molecule has 0 spiro atoms. The zero-order valence-corrected chi connectivity index (χ0v) is 16.7. The molecule has 0 unspecified atom stereocenters. The molecule has 0 aliphatic carbocycles. The second kappa shape index (κ2) is 7.43. The van der Waals surface area contributed by atoms with Gasteiger partial charge in [0, 0.05) is 14.1 Å². The fourth-order valence-corrected chi connectivity index (χ4v) is 3.39. The molecule has 148 valence electrons. The number of pyridine rings is 1. The van der Waals surface area contributed by atoms with Gasteiger partial charge in [-0.05, 0) is 24.4 Å². The maximum atomic E-state index is 12.9. The molecule has 0 saturated carbocycles. The Hall–Kier alpha value is -3.60. The van der Waals surface area contributed by atoms with Gasteiger partial charge < -0.3 is 19.9 Å². The van der Waals surface area contributed by atoms with Crippen LogP contribution in [-0.4, -0.2) is 45.2 Å². The van der Waals surface area contributed by atoms with Crippen LogP contribution in [0.15, 0.2) is 28.1 Å². The third-order valence-electron chi connectivity index (χ3n) is 4.03. The van der Waals surface area contributed by atoms with Crippen molar-refractivity contribution >= 4 is 40.3 Å². The van der Waals surface area contributed by atoms with Gasteiger partial charge in [-0.2, -0.15) is 15.0 Å². The number of nitrogens with two attached hydrogens (primary N) is 1. The maximum Gasteiger partial charge on any atom is 0.339 e. The van der Waals surface area contributed by atoms with E-state index in [1.54, 1.807) is 32.0 Å². The van der Waals surface area contributed by atoms with E-state index in [2.05, 4.69) is 25.1 Å². The highest BCUT2D eigenvalue weighted by molar-refractivity contribution is 7.13. The monoisotopic (exact) mass is 411 g/mol. The molecule has 0 radical (unpaired) electrons. The third kappa shape index (κ3) is 3.72. The Morgan fingerprint density at radius 2 is 2.10 bits per heavy atom. The number of carbonyl (C=O) groups is 1. The van der Waals surface area contributed by atoms with E-state index in [9.17, 15) is 4.79 Å². The van der Waals surface area contributed by atoms with E-state index in [1.807, 2.05) is 17.5 Å². The molecule has 0 aliphatic rings. The SMILES string of the molecule is Cc1noc2nc(-c3cccs3)cc(C(=O)OCc3nc(N)nc(N(C)C)n3)c12. The van der Waals surface area contributed by atoms with E-state index in [-0.39, 0.29) is 24.1 Å². The van der Waals surface area contributed by atoms with Crippen molar-refractivity contribution in [1.29, 1.82) is 0 Å². The molecule has 0 atom stereocenters. The minimum atomic E-state index is -0.563. The van der Waals surface area contributed by atoms with Gasteiger partial charge in [0.15, 0.2) is 12.4 Å². The summed E-state index contributed by atoms with van der Waals surface area (Å²) in [5, 5.41) is 6.37. The zero-order valence-electron chi connectivity index (χ0n) is 15.9. The molecule has 2 N–H and O–H groups in total. The van der Waals surface area contributed by atoms with Gasteiger partial charge in [0.25, 0.3) is 5.71 Å². The lowest BCUT2D eigenvalue weighted by atomic mass is 10.1. The van der Waals surface area contributed by atoms with Crippen LogP contribution in [0.5, 0.6) is 0 Å². The minimum absolute atomic E-state index is 0.0518. The standard InChI is InChI=1S/C18H17N7O3S/c1-9-14-10(7-11(12-5-4-6-29-12)20-15(14)28-24-9)16(26)27-8-13-21-17(19)23-18(22-13)25(2)3/h4-7H,8H2,1-3H3,(H2,19,21,22,23). The Balaban J connectivity index is 1.66. The average molecular weight is 411 g/mol. The van der Waals surface area contributed by atoms with Crippen molar-refractivity contribution in [2.75, 3.05) is 24.7 Å². The predicted octanol–water partition coefficient (Wildman–Crippen LogP) is 2.45. The lowest BCUT2D eigenvalue weighted by molar-refractivity contribution is 0.0464. The van der Waals surface area contributed by atoms with Crippen molar-refractivity contribution in [3.05, 3.63) is 40.7 Å². The summed E-state index contributed by atoms with van der Waals surface area (Å²) in [6.07, 6.45) is 0. The smallest absolute Gasteiger partial charge is 0.339 e. The highest BCUT2D eigenvalue weighted by atomic mass is 32.1. The Kier molecular flexibility index (Phi) is 4.80. The van der Waals surface area contributed by atoms with Crippen molar-refractivity contribution in [2.45, 2.75) is 13.5 Å². The highest BCUT2D eigenvalue weighted by Gasteiger charge is 2.21. The minimum Gasteiger partial charge on any atom is -0.454 e. The third-order valence-corrected chi connectivity index (χ3v) is 4.92. The van der Waals surface area contributed by atoms with E-state index >= 15 is 0 Å². The molecular formula is C18H17N7O3S. The van der Waals surface area contributed by atoms with Gasteiger partial charge in [-0.3, -0.25) is 0 Å². The number of thiophene rings is 1. The van der Waals surface area contributed by atoms with E-state index in [0.717, 1.165) is 4.88 Å². The molecule has 0 saturated heterocycles. The summed E-state index contributed by atoms with van der Waals surface area (Å²) in [6, 6.07) is 5.49. The number of hydrogen-bond donors (Lipinski definition) is 1. The van der Waals surface area contributed by atoms with Crippen LogP contribution in [0.4, 0.5) is 11.9 Å². The number of aryl methyl sites for hydroxylation is 1. The van der Waals surface area contributed by atoms with E-state index in [0.29, 0.717) is 28.3 Å². The highest BCUT2D eigenvalue weighted by Crippen LogP contribution is 2.29. The van der Waals surface area contributed by atoms with Gasteiger partial charge in [0.2, 0.25) is 11.9 Å². The number of carbonyl (C=O) groups excluding carboxylic acids is 1. The van der Waals surface area contributed by atoms with Crippen LogP contribution in [0.3, 0.4) is 0 Å². The van der Waals surface area contributed by atoms with Crippen molar-refractivity contribution < 1.29 is 14.1 Å². The molecule has 10 nitrogen and oxygen atoms in total. The summed E-state index contributed by atoms with van der Waals surface area (Å²) >= 11 is 1.51. The fraction of sp³-hybridized carbons (Fsp3) is 0.222. The Labute approximate surface area is 169 Å². The molecule has 4 rings (SSSR count). The number of hydrogen-bond acceptors (Lipinski definition) is 11. The topological polar surface area (TPSA) is 133 Å². The summed E-state index contributed by atoms with van der Waals surface area (Å²) in [4.78, 5) is 32.2. The summed E-state index contributed by atoms with van der Waals surface area (Å²) in [6.45, 7) is 1.58. The molecule has 4 aromatic rings. The number of anilines is 2. The van der Waals surface area contributed by atoms with Crippen molar-refractivity contribution in [3.63, 3.8) is 0 Å².